The van der Waals surface area contributed by atoms with Crippen molar-refractivity contribution in [1.29, 1.82) is 0 Å². The number of hydrogen-bond acceptors (Lipinski definition) is 15. The Kier molecular flexibility index (Phi) is 34.0. The van der Waals surface area contributed by atoms with Crippen LogP contribution in [0.3, 0.4) is 0 Å². The molecule has 480 valence electrons. The summed E-state index contributed by atoms with van der Waals surface area (Å²) in [5, 5.41) is 3.18. The standard InChI is InChI=1S/C19H38N2O.C18H39N3O2.C13H28N2O2S.C10H22N2S.C4H10/c1-16(2,3)21-14-18(7)12-20(13-19(18,8)15-21)10-9-11-22-17(4,5)6;1-17(2,3)19-7-14-22-15-12-20-8-10-21(11-9-20)13-16-23-18(4,5)6;1-12(2)18(16,17)11-10-14-6-8-15(9-7-14)13(3,4)5;1-10(2,3)12-6-4-11(5-7-12)8-9-13;1-4(2)3/h9-15H2,1-8H3;19H,7-16H2,1-6H3;12H,6-11H2,1-5H3;13H,4-9H2,1-3H3;4H,1-3H3/t18-,19+;;;;. The van der Waals surface area contributed by atoms with Crippen molar-refractivity contribution in [3.63, 3.8) is 0 Å². The van der Waals surface area contributed by atoms with Gasteiger partial charge < -0.3 is 24.4 Å². The number of thiol groups is 1. The first kappa shape index (κ1) is 77.8. The molecule has 0 aliphatic carbocycles. The third-order valence-electron chi connectivity index (χ3n) is 16.1. The number of nitrogens with zero attached hydrogens (tertiary/aromatic N) is 8. The smallest absolute Gasteiger partial charge is 0.153 e. The molecule has 5 aliphatic heterocycles. The van der Waals surface area contributed by atoms with E-state index in [4.69, 9.17) is 14.2 Å². The number of piperazine rings is 3. The maximum absolute atomic E-state index is 11.8. The third kappa shape index (κ3) is 33.7. The minimum absolute atomic E-state index is 0.00726. The van der Waals surface area contributed by atoms with Gasteiger partial charge in [-0.1, -0.05) is 34.6 Å². The van der Waals surface area contributed by atoms with Crippen LogP contribution in [0, 0.1) is 16.7 Å². The lowest BCUT2D eigenvalue weighted by molar-refractivity contribution is -0.0188. The minimum atomic E-state index is -2.89. The second kappa shape index (κ2) is 35.0. The van der Waals surface area contributed by atoms with E-state index in [1.165, 1.54) is 58.9 Å². The molecule has 0 aromatic carbocycles. The molecule has 0 saturated carbocycles. The highest BCUT2D eigenvalue weighted by Gasteiger charge is 2.58. The van der Waals surface area contributed by atoms with Gasteiger partial charge in [0.2, 0.25) is 0 Å². The SMILES string of the molecule is CC(C)(C)N1CCN(CCS)CC1.CC(C)(C)NCCOCCN1CCN(CCOC(C)(C)C)CC1.CC(C)(C)OCCCN1C[C@@]2(C)CN(C(C)(C)C)C[C@@]2(C)C1.CC(C)C.CC(C)S(=O)(=O)CCN1CCN(C(C)(C)C)CC1. The summed E-state index contributed by atoms with van der Waals surface area (Å²) in [7, 11) is -2.89. The number of likely N-dealkylation sites (tertiary alicyclic amines) is 2. The lowest BCUT2D eigenvalue weighted by Gasteiger charge is -2.42. The molecule has 5 heterocycles. The summed E-state index contributed by atoms with van der Waals surface area (Å²) in [6.45, 7) is 82.6. The Balaban J connectivity index is 0.000000530. The fraction of sp³-hybridized carbons (Fsp3) is 1.00. The van der Waals surface area contributed by atoms with Crippen molar-refractivity contribution in [1.82, 2.24) is 44.5 Å². The zero-order valence-electron chi connectivity index (χ0n) is 57.6. The molecule has 5 rings (SSSR count). The molecule has 5 aliphatic rings. The van der Waals surface area contributed by atoms with Gasteiger partial charge in [0.1, 0.15) is 0 Å². The van der Waals surface area contributed by atoms with Crippen LogP contribution in [0.15, 0.2) is 0 Å². The number of fused-ring (bicyclic) bond motifs is 1. The summed E-state index contributed by atoms with van der Waals surface area (Å²) in [6.07, 6.45) is 1.15. The highest BCUT2D eigenvalue weighted by Crippen LogP contribution is 2.53. The molecule has 0 unspecified atom stereocenters. The third-order valence-corrected chi connectivity index (χ3v) is 18.5. The van der Waals surface area contributed by atoms with E-state index >= 15 is 0 Å². The van der Waals surface area contributed by atoms with E-state index in [0.29, 0.717) is 34.2 Å². The molecule has 0 bridgehead atoms. The maximum Gasteiger partial charge on any atom is 0.153 e. The summed E-state index contributed by atoms with van der Waals surface area (Å²) in [5.41, 5.74) is 1.87. The van der Waals surface area contributed by atoms with Crippen LogP contribution in [0.4, 0.5) is 0 Å². The Hall–Kier alpha value is -0.180. The van der Waals surface area contributed by atoms with Crippen LogP contribution in [-0.2, 0) is 24.0 Å². The molecule has 1 N–H and O–H groups in total. The molecule has 14 nitrogen and oxygen atoms in total. The molecule has 5 saturated heterocycles. The molecule has 0 spiro atoms. The average molecular weight is 1180 g/mol. The van der Waals surface area contributed by atoms with Gasteiger partial charge in [0.05, 0.1) is 42.0 Å². The Morgan fingerprint density at radius 2 is 0.825 bits per heavy atom. The van der Waals surface area contributed by atoms with E-state index in [1.807, 2.05) is 0 Å². The highest BCUT2D eigenvalue weighted by molar-refractivity contribution is 7.92. The molecule has 2 atom stereocenters. The Morgan fingerprint density at radius 1 is 0.463 bits per heavy atom. The van der Waals surface area contributed by atoms with Gasteiger partial charge >= 0.3 is 0 Å². The predicted molar refractivity (Wildman–Crippen MR) is 350 cm³/mol. The van der Waals surface area contributed by atoms with Crippen molar-refractivity contribution >= 4 is 22.5 Å². The lowest BCUT2D eigenvalue weighted by Crippen LogP contribution is -2.54. The van der Waals surface area contributed by atoms with Crippen LogP contribution >= 0.6 is 12.6 Å². The fourth-order valence-corrected chi connectivity index (χ4v) is 11.8. The first-order chi connectivity index (χ1) is 36.4. The van der Waals surface area contributed by atoms with E-state index < -0.39 is 9.84 Å². The number of sulfone groups is 1. The van der Waals surface area contributed by atoms with Gasteiger partial charge in [-0.05, 0) is 151 Å². The first-order valence-corrected chi connectivity index (χ1v) is 34.1. The zero-order valence-corrected chi connectivity index (χ0v) is 59.3. The quantitative estimate of drug-likeness (QED) is 0.0949. The van der Waals surface area contributed by atoms with Crippen LogP contribution < -0.4 is 5.32 Å². The Labute approximate surface area is 503 Å². The number of ether oxygens (including phenoxy) is 3. The number of nitrogens with one attached hydrogen (secondary N) is 1. The number of rotatable bonds is 19. The van der Waals surface area contributed by atoms with Crippen molar-refractivity contribution in [3.05, 3.63) is 0 Å². The summed E-state index contributed by atoms with van der Waals surface area (Å²) < 4.78 is 40.9. The molecule has 0 radical (unpaired) electrons. The van der Waals surface area contributed by atoms with Crippen molar-refractivity contribution in [2.45, 2.75) is 218 Å². The number of hydrogen-bond donors (Lipinski definition) is 2. The van der Waals surface area contributed by atoms with Gasteiger partial charge in [-0.25, -0.2) is 8.42 Å². The Morgan fingerprint density at radius 3 is 1.19 bits per heavy atom. The molecule has 16 heteroatoms. The monoisotopic (exact) mass is 1180 g/mol. The maximum atomic E-state index is 11.8. The van der Waals surface area contributed by atoms with Gasteiger partial charge in [0, 0.05) is 189 Å². The largest absolute Gasteiger partial charge is 0.379 e. The summed E-state index contributed by atoms with van der Waals surface area (Å²) in [4.78, 5) is 20.1. The van der Waals surface area contributed by atoms with E-state index in [9.17, 15) is 8.42 Å². The zero-order chi connectivity index (χ0) is 61.6. The van der Waals surface area contributed by atoms with Crippen molar-refractivity contribution < 1.29 is 22.6 Å². The van der Waals surface area contributed by atoms with Gasteiger partial charge in [0.15, 0.2) is 9.84 Å². The first-order valence-electron chi connectivity index (χ1n) is 31.7. The molecule has 0 aromatic heterocycles. The molecule has 80 heavy (non-hydrogen) atoms. The van der Waals surface area contributed by atoms with Gasteiger partial charge in [-0.15, -0.1) is 0 Å². The molecule has 0 amide bonds. The van der Waals surface area contributed by atoms with Crippen LogP contribution in [0.25, 0.3) is 0 Å². The minimum Gasteiger partial charge on any atom is -0.379 e. The topological polar surface area (TPSA) is 99.8 Å². The van der Waals surface area contributed by atoms with Gasteiger partial charge in [-0.2, -0.15) is 12.6 Å². The molecular weight excluding hydrogens is 1040 g/mol. The Bertz CT molecular complexity index is 1700. The van der Waals surface area contributed by atoms with E-state index in [0.717, 1.165) is 123 Å². The van der Waals surface area contributed by atoms with Crippen LogP contribution in [0.2, 0.25) is 0 Å². The van der Waals surface area contributed by atoms with Crippen LogP contribution in [-0.4, -0.2) is 268 Å². The van der Waals surface area contributed by atoms with Crippen LogP contribution in [0.5, 0.6) is 0 Å². The average Bonchev–Trinajstić information content (AvgIpc) is 3.71. The van der Waals surface area contributed by atoms with Gasteiger partial charge in [-0.3, -0.25) is 34.3 Å². The summed E-state index contributed by atoms with van der Waals surface area (Å²) in [6, 6.07) is 0. The van der Waals surface area contributed by atoms with E-state index in [2.05, 4.69) is 216 Å². The van der Waals surface area contributed by atoms with Gasteiger partial charge in [0.25, 0.3) is 0 Å². The lowest BCUT2D eigenvalue weighted by atomic mass is 9.71. The molecule has 5 fully saturated rings. The van der Waals surface area contributed by atoms with Crippen molar-refractivity contribution in [2.24, 2.45) is 16.7 Å². The van der Waals surface area contributed by atoms with Crippen LogP contribution in [0.1, 0.15) is 180 Å². The van der Waals surface area contributed by atoms with E-state index in [1.54, 1.807) is 13.8 Å². The summed E-state index contributed by atoms with van der Waals surface area (Å²) in [5.74, 6) is 2.11. The normalized spacial score (nSPS) is 23.4. The summed E-state index contributed by atoms with van der Waals surface area (Å²) >= 11 is 4.26. The second-order valence-corrected chi connectivity index (χ2v) is 34.6. The predicted octanol–water partition coefficient (Wildman–Crippen LogP) is 9.68. The fourth-order valence-electron chi connectivity index (χ4n) is 10.5. The molecular formula is C64H137N9O5S2. The van der Waals surface area contributed by atoms with E-state index in [-0.39, 0.29) is 27.5 Å². The second-order valence-electron chi connectivity index (χ2n) is 31.5. The van der Waals surface area contributed by atoms with Crippen molar-refractivity contribution in [2.75, 3.05) is 182 Å². The van der Waals surface area contributed by atoms with Crippen molar-refractivity contribution in [3.8, 4) is 0 Å². The highest BCUT2D eigenvalue weighted by atomic mass is 32.2. The molecule has 0 aromatic rings.